The molecule has 0 aliphatic carbocycles. The maximum Gasteiger partial charge on any atom is 0.311 e. The van der Waals surface area contributed by atoms with Gasteiger partial charge in [-0.25, -0.2) is 4.98 Å². The molecule has 108 valence electrons. The number of nitrogens with zero attached hydrogens (tertiary/aromatic N) is 2. The summed E-state index contributed by atoms with van der Waals surface area (Å²) in [6.07, 6.45) is 2.11. The molecule has 0 bridgehead atoms. The third kappa shape index (κ3) is 2.79. The molecule has 0 saturated carbocycles. The van der Waals surface area contributed by atoms with E-state index in [4.69, 9.17) is 0 Å². The van der Waals surface area contributed by atoms with Gasteiger partial charge in [-0.1, -0.05) is 0 Å². The van der Waals surface area contributed by atoms with Gasteiger partial charge in [0.1, 0.15) is 0 Å². The monoisotopic (exact) mass is 284 g/mol. The van der Waals surface area contributed by atoms with E-state index in [0.717, 1.165) is 36.5 Å². The molecule has 6 heteroatoms. The van der Waals surface area contributed by atoms with Crippen molar-refractivity contribution in [2.75, 3.05) is 17.2 Å². The van der Waals surface area contributed by atoms with Crippen molar-refractivity contribution < 1.29 is 4.92 Å². The Morgan fingerprint density at radius 2 is 2.19 bits per heavy atom. The summed E-state index contributed by atoms with van der Waals surface area (Å²) in [5.41, 5.74) is 3.90. The highest BCUT2D eigenvalue weighted by molar-refractivity contribution is 5.69. The largest absolute Gasteiger partial charge is 0.385 e. The van der Waals surface area contributed by atoms with Crippen LogP contribution in [0.4, 0.5) is 22.9 Å². The van der Waals surface area contributed by atoms with Crippen LogP contribution >= 0.6 is 0 Å². The molecular formula is C15H16N4O2. The van der Waals surface area contributed by atoms with Gasteiger partial charge in [-0.05, 0) is 49.6 Å². The van der Waals surface area contributed by atoms with Crippen LogP contribution in [0.1, 0.15) is 17.7 Å². The molecule has 0 amide bonds. The second-order valence-electron chi connectivity index (χ2n) is 5.10. The van der Waals surface area contributed by atoms with Gasteiger partial charge in [0.2, 0.25) is 5.82 Å². The third-order valence-electron chi connectivity index (χ3n) is 3.52. The molecule has 0 spiro atoms. The van der Waals surface area contributed by atoms with Gasteiger partial charge in [-0.2, -0.15) is 0 Å². The fraction of sp³-hybridized carbons (Fsp3) is 0.267. The highest BCUT2D eigenvalue weighted by Crippen LogP contribution is 2.29. The highest BCUT2D eigenvalue weighted by Gasteiger charge is 2.16. The average molecular weight is 284 g/mol. The fourth-order valence-electron chi connectivity index (χ4n) is 2.48. The predicted molar refractivity (Wildman–Crippen MR) is 82.2 cm³/mol. The Balaban J connectivity index is 1.93. The summed E-state index contributed by atoms with van der Waals surface area (Å²) < 4.78 is 0. The molecule has 1 aromatic carbocycles. The number of nitrogens with one attached hydrogen (secondary N) is 2. The zero-order valence-corrected chi connectivity index (χ0v) is 11.7. The van der Waals surface area contributed by atoms with Crippen LogP contribution in [0.2, 0.25) is 0 Å². The number of rotatable bonds is 3. The lowest BCUT2D eigenvalue weighted by Crippen LogP contribution is -2.11. The van der Waals surface area contributed by atoms with Crippen molar-refractivity contribution in [1.29, 1.82) is 0 Å². The normalized spacial score (nSPS) is 13.2. The van der Waals surface area contributed by atoms with Gasteiger partial charge in [0.15, 0.2) is 0 Å². The smallest absolute Gasteiger partial charge is 0.311 e. The first-order valence-electron chi connectivity index (χ1n) is 6.89. The van der Waals surface area contributed by atoms with Crippen LogP contribution in [-0.4, -0.2) is 16.5 Å². The molecule has 0 unspecified atom stereocenters. The topological polar surface area (TPSA) is 80.1 Å². The molecule has 0 atom stereocenters. The molecule has 2 aromatic rings. The molecule has 0 fully saturated rings. The van der Waals surface area contributed by atoms with Gasteiger partial charge in [0.25, 0.3) is 0 Å². The van der Waals surface area contributed by atoms with Crippen LogP contribution in [0.25, 0.3) is 0 Å². The molecule has 21 heavy (non-hydrogen) atoms. The lowest BCUT2D eigenvalue weighted by molar-refractivity contribution is -0.384. The van der Waals surface area contributed by atoms with Gasteiger partial charge < -0.3 is 10.6 Å². The molecule has 1 aliphatic heterocycles. The van der Waals surface area contributed by atoms with Crippen LogP contribution in [0.15, 0.2) is 30.3 Å². The number of anilines is 3. The maximum atomic E-state index is 11.1. The first-order valence-corrected chi connectivity index (χ1v) is 6.89. The van der Waals surface area contributed by atoms with Gasteiger partial charge in [-0.15, -0.1) is 0 Å². The predicted octanol–water partition coefficient (Wildman–Crippen LogP) is 3.40. The minimum Gasteiger partial charge on any atom is -0.385 e. The number of aromatic nitrogens is 1. The summed E-state index contributed by atoms with van der Waals surface area (Å²) in [6, 6.07) is 9.04. The third-order valence-corrected chi connectivity index (χ3v) is 3.52. The average Bonchev–Trinajstić information content (AvgIpc) is 2.47. The fourth-order valence-corrected chi connectivity index (χ4v) is 2.48. The van der Waals surface area contributed by atoms with Crippen LogP contribution in [0.3, 0.4) is 0 Å². The van der Waals surface area contributed by atoms with Crippen molar-refractivity contribution >= 4 is 22.9 Å². The van der Waals surface area contributed by atoms with Crippen molar-refractivity contribution in [2.24, 2.45) is 0 Å². The summed E-state index contributed by atoms with van der Waals surface area (Å²) in [5, 5.41) is 17.5. The van der Waals surface area contributed by atoms with Crippen molar-refractivity contribution in [3.05, 3.63) is 51.7 Å². The van der Waals surface area contributed by atoms with Crippen molar-refractivity contribution in [3.63, 3.8) is 0 Å². The second-order valence-corrected chi connectivity index (χ2v) is 5.10. The maximum absolute atomic E-state index is 11.1. The quantitative estimate of drug-likeness (QED) is 0.667. The Morgan fingerprint density at radius 1 is 1.33 bits per heavy atom. The van der Waals surface area contributed by atoms with E-state index in [-0.39, 0.29) is 11.5 Å². The van der Waals surface area contributed by atoms with Gasteiger partial charge in [0.05, 0.1) is 4.92 Å². The van der Waals surface area contributed by atoms with Crippen molar-refractivity contribution in [2.45, 2.75) is 19.8 Å². The zero-order valence-electron chi connectivity index (χ0n) is 11.7. The van der Waals surface area contributed by atoms with E-state index in [0.29, 0.717) is 0 Å². The lowest BCUT2D eigenvalue weighted by Gasteiger charge is -2.19. The zero-order chi connectivity index (χ0) is 14.8. The van der Waals surface area contributed by atoms with E-state index in [1.54, 1.807) is 6.07 Å². The van der Waals surface area contributed by atoms with E-state index in [9.17, 15) is 10.1 Å². The van der Waals surface area contributed by atoms with Crippen LogP contribution < -0.4 is 10.6 Å². The Labute approximate surface area is 122 Å². The summed E-state index contributed by atoms with van der Waals surface area (Å²) in [6.45, 7) is 2.80. The highest BCUT2D eigenvalue weighted by atomic mass is 16.6. The Kier molecular flexibility index (Phi) is 3.43. The first-order chi connectivity index (χ1) is 10.1. The molecule has 0 radical (unpaired) electrons. The summed E-state index contributed by atoms with van der Waals surface area (Å²) in [5.74, 6) is 0.281. The minimum absolute atomic E-state index is 0.0172. The standard InChI is InChI=1S/C15H16N4O2/c1-10-4-7-14(19(20)21)15(17-10)18-12-5-6-13-11(9-12)3-2-8-16-13/h4-7,9,16H,2-3,8H2,1H3,(H,17,18). The summed E-state index contributed by atoms with van der Waals surface area (Å²) >= 11 is 0. The first kappa shape index (κ1) is 13.4. The number of benzene rings is 1. The van der Waals surface area contributed by atoms with E-state index in [1.165, 1.54) is 11.6 Å². The van der Waals surface area contributed by atoms with Gasteiger partial charge in [0, 0.05) is 29.7 Å². The van der Waals surface area contributed by atoms with E-state index in [2.05, 4.69) is 15.6 Å². The lowest BCUT2D eigenvalue weighted by atomic mass is 10.0. The van der Waals surface area contributed by atoms with Crippen LogP contribution in [0.5, 0.6) is 0 Å². The van der Waals surface area contributed by atoms with E-state index < -0.39 is 4.92 Å². The molecule has 1 aliphatic rings. The molecular weight excluding hydrogens is 268 g/mol. The van der Waals surface area contributed by atoms with Crippen molar-refractivity contribution in [3.8, 4) is 0 Å². The molecule has 0 saturated heterocycles. The molecule has 6 nitrogen and oxygen atoms in total. The second kappa shape index (κ2) is 5.40. The van der Waals surface area contributed by atoms with Gasteiger partial charge in [-0.3, -0.25) is 10.1 Å². The Morgan fingerprint density at radius 3 is 3.00 bits per heavy atom. The summed E-state index contributed by atoms with van der Waals surface area (Å²) in [7, 11) is 0. The van der Waals surface area contributed by atoms with E-state index in [1.807, 2.05) is 25.1 Å². The SMILES string of the molecule is Cc1ccc([N+](=O)[O-])c(Nc2ccc3c(c2)CCCN3)n1. The van der Waals surface area contributed by atoms with Crippen LogP contribution in [-0.2, 0) is 6.42 Å². The number of nitro groups is 1. The number of fused-ring (bicyclic) bond motifs is 1. The molecule has 2 N–H and O–H groups in total. The van der Waals surface area contributed by atoms with Crippen LogP contribution in [0, 0.1) is 17.0 Å². The van der Waals surface area contributed by atoms with E-state index >= 15 is 0 Å². The molecule has 1 aromatic heterocycles. The molecule has 3 rings (SSSR count). The molecule has 2 heterocycles. The van der Waals surface area contributed by atoms with Gasteiger partial charge >= 0.3 is 5.69 Å². The summed E-state index contributed by atoms with van der Waals surface area (Å²) in [4.78, 5) is 14.9. The number of hydrogen-bond acceptors (Lipinski definition) is 5. The number of hydrogen-bond donors (Lipinski definition) is 2. The van der Waals surface area contributed by atoms with Crippen molar-refractivity contribution in [1.82, 2.24) is 4.98 Å². The minimum atomic E-state index is -0.422. The Bertz CT molecular complexity index is 700. The number of aryl methyl sites for hydroxylation is 2. The number of pyridine rings is 1. The Hall–Kier alpha value is -2.63.